The number of para-hydroxylation sites is 1. The molecule has 0 saturated heterocycles. The van der Waals surface area contributed by atoms with Crippen molar-refractivity contribution < 1.29 is 29.4 Å². The second-order valence-electron chi connectivity index (χ2n) is 10.3. The number of aliphatic carboxylic acids is 1. The Labute approximate surface area is 247 Å². The van der Waals surface area contributed by atoms with Gasteiger partial charge in [0, 0.05) is 48.3 Å². The lowest BCUT2D eigenvalue weighted by molar-refractivity contribution is -0.142. The van der Waals surface area contributed by atoms with Crippen molar-refractivity contribution in [3.05, 3.63) is 90.1 Å². The molecule has 13 heteroatoms. The molecule has 13 nitrogen and oxygen atoms in total. The fourth-order valence-electron chi connectivity index (χ4n) is 4.64. The Morgan fingerprint density at radius 1 is 0.837 bits per heavy atom. The lowest BCUT2D eigenvalue weighted by Crippen LogP contribution is -2.59. The molecule has 0 spiro atoms. The number of nitrogens with two attached hydrogens (primary N) is 1. The van der Waals surface area contributed by atoms with Gasteiger partial charge in [-0.25, -0.2) is 9.78 Å². The maximum Gasteiger partial charge on any atom is 0.326 e. The highest BCUT2D eigenvalue weighted by Gasteiger charge is 2.32. The molecule has 5 atom stereocenters. The van der Waals surface area contributed by atoms with Crippen LogP contribution in [0.25, 0.3) is 10.9 Å². The van der Waals surface area contributed by atoms with Crippen molar-refractivity contribution >= 4 is 34.6 Å². The molecule has 0 bridgehead atoms. The van der Waals surface area contributed by atoms with E-state index >= 15 is 0 Å². The van der Waals surface area contributed by atoms with E-state index in [9.17, 15) is 29.4 Å². The molecule has 5 unspecified atom stereocenters. The van der Waals surface area contributed by atoms with E-state index in [0.717, 1.165) is 16.5 Å². The normalized spacial score (nSPS) is 14.7. The molecule has 43 heavy (non-hydrogen) atoms. The van der Waals surface area contributed by atoms with Crippen LogP contribution in [-0.2, 0) is 38.4 Å². The number of benzene rings is 2. The van der Waals surface area contributed by atoms with E-state index in [0.29, 0.717) is 11.3 Å². The van der Waals surface area contributed by atoms with E-state index in [-0.39, 0.29) is 19.3 Å². The average Bonchev–Trinajstić information content (AvgIpc) is 3.66. The van der Waals surface area contributed by atoms with Crippen LogP contribution in [0.5, 0.6) is 0 Å². The third-order valence-electron chi connectivity index (χ3n) is 7.06. The fourth-order valence-corrected chi connectivity index (χ4v) is 4.64. The molecular formula is C30H35N7O6. The number of H-pyrrole nitrogens is 2. The van der Waals surface area contributed by atoms with Crippen molar-refractivity contribution in [3.63, 3.8) is 0 Å². The second kappa shape index (κ2) is 14.2. The summed E-state index contributed by atoms with van der Waals surface area (Å²) in [5, 5.41) is 28.3. The first kappa shape index (κ1) is 30.9. The first-order valence-corrected chi connectivity index (χ1v) is 13.8. The molecule has 4 aromatic rings. The summed E-state index contributed by atoms with van der Waals surface area (Å²) in [6.07, 6.45) is 3.49. The first-order chi connectivity index (χ1) is 20.6. The maximum atomic E-state index is 13.7. The number of carboxylic acid groups (broad SMARTS) is 1. The van der Waals surface area contributed by atoms with Crippen molar-refractivity contribution in [1.29, 1.82) is 0 Å². The Balaban J connectivity index is 1.57. The number of aliphatic hydroxyl groups is 1. The lowest BCUT2D eigenvalue weighted by atomic mass is 10.0. The Bertz CT molecular complexity index is 1540. The minimum absolute atomic E-state index is 0.0309. The first-order valence-electron chi connectivity index (χ1n) is 13.8. The number of nitrogens with one attached hydrogen (secondary N) is 5. The quantitative estimate of drug-likeness (QED) is 0.101. The van der Waals surface area contributed by atoms with Gasteiger partial charge in [-0.1, -0.05) is 48.5 Å². The molecular weight excluding hydrogens is 554 g/mol. The van der Waals surface area contributed by atoms with Gasteiger partial charge in [0.15, 0.2) is 0 Å². The predicted octanol–water partition coefficient (Wildman–Crippen LogP) is 0.166. The molecule has 9 N–H and O–H groups in total. The summed E-state index contributed by atoms with van der Waals surface area (Å²) in [6.45, 7) is 1.36. The molecule has 226 valence electrons. The third-order valence-corrected chi connectivity index (χ3v) is 7.06. The van der Waals surface area contributed by atoms with Gasteiger partial charge in [-0.05, 0) is 24.1 Å². The van der Waals surface area contributed by atoms with Crippen molar-refractivity contribution in [1.82, 2.24) is 30.9 Å². The number of amides is 3. The monoisotopic (exact) mass is 589 g/mol. The summed E-state index contributed by atoms with van der Waals surface area (Å²) in [5.74, 6) is -3.42. The van der Waals surface area contributed by atoms with Crippen LogP contribution in [-0.4, -0.2) is 79.1 Å². The van der Waals surface area contributed by atoms with Gasteiger partial charge in [-0.2, -0.15) is 0 Å². The van der Waals surface area contributed by atoms with Crippen molar-refractivity contribution in [2.24, 2.45) is 5.73 Å². The van der Waals surface area contributed by atoms with Gasteiger partial charge < -0.3 is 41.9 Å². The van der Waals surface area contributed by atoms with Gasteiger partial charge in [-0.3, -0.25) is 14.4 Å². The number of carbonyl (C=O) groups excluding carboxylic acids is 3. The number of aromatic nitrogens is 3. The highest BCUT2D eigenvalue weighted by molar-refractivity contribution is 5.95. The third kappa shape index (κ3) is 8.27. The minimum Gasteiger partial charge on any atom is -0.480 e. The zero-order valence-corrected chi connectivity index (χ0v) is 23.5. The molecule has 3 amide bonds. The SMILES string of the molecule is CC(O)C(N)C(=O)NC(Cc1c[nH]c2ccccc12)C(=O)NC(Cc1cnc[nH]1)C(=O)NC(Cc1ccccc1)C(=O)O. The number of aliphatic hydroxyl groups excluding tert-OH is 1. The molecule has 0 aliphatic rings. The van der Waals surface area contributed by atoms with E-state index in [2.05, 4.69) is 30.9 Å². The molecule has 0 aliphatic heterocycles. The van der Waals surface area contributed by atoms with Gasteiger partial charge in [0.1, 0.15) is 24.2 Å². The maximum absolute atomic E-state index is 13.7. The van der Waals surface area contributed by atoms with E-state index < -0.39 is 54.0 Å². The minimum atomic E-state index is -1.29. The number of nitrogens with zero attached hydrogens (tertiary/aromatic N) is 1. The number of rotatable bonds is 14. The second-order valence-corrected chi connectivity index (χ2v) is 10.3. The van der Waals surface area contributed by atoms with Gasteiger partial charge in [0.2, 0.25) is 17.7 Å². The molecule has 0 radical (unpaired) electrons. The van der Waals surface area contributed by atoms with Crippen LogP contribution < -0.4 is 21.7 Å². The average molecular weight is 590 g/mol. The highest BCUT2D eigenvalue weighted by Crippen LogP contribution is 2.19. The molecule has 2 heterocycles. The van der Waals surface area contributed by atoms with Crippen LogP contribution in [0.15, 0.2) is 73.3 Å². The van der Waals surface area contributed by atoms with Crippen LogP contribution in [0.4, 0.5) is 0 Å². The van der Waals surface area contributed by atoms with Gasteiger partial charge in [-0.15, -0.1) is 0 Å². The summed E-state index contributed by atoms with van der Waals surface area (Å²) in [7, 11) is 0. The molecule has 2 aromatic heterocycles. The van der Waals surface area contributed by atoms with Gasteiger partial charge in [0.25, 0.3) is 0 Å². The van der Waals surface area contributed by atoms with E-state index in [1.54, 1.807) is 36.5 Å². The molecule has 2 aromatic carbocycles. The zero-order chi connectivity index (χ0) is 30.9. The van der Waals surface area contributed by atoms with Crippen molar-refractivity contribution in [2.75, 3.05) is 0 Å². The molecule has 0 aliphatic carbocycles. The Morgan fingerprint density at radius 3 is 2.12 bits per heavy atom. The summed E-state index contributed by atoms with van der Waals surface area (Å²) >= 11 is 0. The van der Waals surface area contributed by atoms with Crippen molar-refractivity contribution in [2.45, 2.75) is 56.5 Å². The number of hydrogen-bond donors (Lipinski definition) is 8. The van der Waals surface area contributed by atoms with Crippen molar-refractivity contribution in [3.8, 4) is 0 Å². The molecule has 0 saturated carbocycles. The number of aromatic amines is 2. The fraction of sp³-hybridized carbons (Fsp3) is 0.300. The van der Waals surface area contributed by atoms with E-state index in [1.807, 2.05) is 24.3 Å². The number of carboxylic acids is 1. The topological polar surface area (TPSA) is 215 Å². The molecule has 0 fully saturated rings. The Morgan fingerprint density at radius 2 is 1.47 bits per heavy atom. The number of carbonyl (C=O) groups is 4. The summed E-state index contributed by atoms with van der Waals surface area (Å²) < 4.78 is 0. The predicted molar refractivity (Wildman–Crippen MR) is 158 cm³/mol. The summed E-state index contributed by atoms with van der Waals surface area (Å²) in [6, 6.07) is 11.3. The number of fused-ring (bicyclic) bond motifs is 1. The Hall–Kier alpha value is -5.01. The van der Waals surface area contributed by atoms with E-state index in [1.165, 1.54) is 19.4 Å². The van der Waals surface area contributed by atoms with Gasteiger partial charge in [0.05, 0.1) is 12.4 Å². The summed E-state index contributed by atoms with van der Waals surface area (Å²) in [4.78, 5) is 62.0. The highest BCUT2D eigenvalue weighted by atomic mass is 16.4. The standard InChI is InChI=1S/C30H35N7O6/c1-17(38)26(31)29(41)36-23(12-19-14-33-22-10-6-5-9-21(19)22)27(39)35-24(13-20-15-32-16-34-20)28(40)37-25(30(42)43)11-18-7-3-2-4-8-18/h2-10,14-17,23-26,33,38H,11-13,31H2,1H3,(H,32,34)(H,35,39)(H,36,41)(H,37,40)(H,42,43). The van der Waals surface area contributed by atoms with Crippen LogP contribution >= 0.6 is 0 Å². The van der Waals surface area contributed by atoms with Crippen LogP contribution in [0.1, 0.15) is 23.7 Å². The zero-order valence-electron chi connectivity index (χ0n) is 23.5. The Kier molecular flexibility index (Phi) is 10.3. The lowest BCUT2D eigenvalue weighted by Gasteiger charge is -2.25. The van der Waals surface area contributed by atoms with Crippen LogP contribution in [0.2, 0.25) is 0 Å². The van der Waals surface area contributed by atoms with Crippen LogP contribution in [0, 0.1) is 0 Å². The molecule has 4 rings (SSSR count). The summed E-state index contributed by atoms with van der Waals surface area (Å²) in [5.41, 5.74) is 8.61. The smallest absolute Gasteiger partial charge is 0.326 e. The number of hydrogen-bond acceptors (Lipinski definition) is 7. The van der Waals surface area contributed by atoms with Gasteiger partial charge >= 0.3 is 5.97 Å². The van der Waals surface area contributed by atoms with E-state index in [4.69, 9.17) is 5.73 Å². The van der Waals surface area contributed by atoms with Crippen LogP contribution in [0.3, 0.4) is 0 Å². The number of imidazole rings is 1. The largest absolute Gasteiger partial charge is 0.480 e.